The van der Waals surface area contributed by atoms with E-state index in [-0.39, 0.29) is 5.56 Å². The van der Waals surface area contributed by atoms with Crippen molar-refractivity contribution < 1.29 is 19.0 Å². The van der Waals surface area contributed by atoms with Crippen LogP contribution >= 0.6 is 11.6 Å². The maximum atomic E-state index is 13.3. The van der Waals surface area contributed by atoms with Gasteiger partial charge in [-0.05, 0) is 13.0 Å². The molecule has 5 heteroatoms. The van der Waals surface area contributed by atoms with Gasteiger partial charge in [-0.1, -0.05) is 6.07 Å². The average Bonchev–Trinajstić information content (AvgIpc) is 2.16. The van der Waals surface area contributed by atoms with Gasteiger partial charge in [-0.15, -0.1) is 11.6 Å². The van der Waals surface area contributed by atoms with E-state index in [1.165, 1.54) is 6.92 Å². The summed E-state index contributed by atoms with van der Waals surface area (Å²) in [6.07, 6.45) is 0. The zero-order valence-electron chi connectivity index (χ0n) is 8.04. The van der Waals surface area contributed by atoms with Gasteiger partial charge >= 0.3 is 0 Å². The Morgan fingerprint density at radius 1 is 1.47 bits per heavy atom. The van der Waals surface area contributed by atoms with Gasteiger partial charge in [0, 0.05) is 11.6 Å². The number of alkyl halides is 1. The quantitative estimate of drug-likeness (QED) is 0.786. The van der Waals surface area contributed by atoms with Crippen LogP contribution in [0.2, 0.25) is 0 Å². The van der Waals surface area contributed by atoms with E-state index in [0.29, 0.717) is 6.07 Å². The number of hydrogen-bond acceptors (Lipinski definition) is 2. The summed E-state index contributed by atoms with van der Waals surface area (Å²) in [5.74, 6) is -1.68. The fraction of sp³-hybridized carbons (Fsp3) is 0.400. The molecule has 0 aliphatic heterocycles. The lowest BCUT2D eigenvalue weighted by Gasteiger charge is -2.29. The monoisotopic (exact) mass is 236 g/mol. The van der Waals surface area contributed by atoms with E-state index in [1.54, 1.807) is 0 Å². The van der Waals surface area contributed by atoms with Crippen LogP contribution < -0.4 is 0 Å². The first-order chi connectivity index (χ1) is 6.91. The van der Waals surface area contributed by atoms with Crippen LogP contribution in [-0.4, -0.2) is 22.2 Å². The van der Waals surface area contributed by atoms with Gasteiger partial charge in [0.1, 0.15) is 17.2 Å². The molecule has 0 aliphatic rings. The predicted octanol–water partition coefficient (Wildman–Crippen LogP) is 1.77. The Kier molecular flexibility index (Phi) is 3.65. The maximum Gasteiger partial charge on any atom is 0.132 e. The van der Waals surface area contributed by atoms with Crippen LogP contribution in [0, 0.1) is 11.6 Å². The smallest absolute Gasteiger partial charge is 0.132 e. The number of halogens is 3. The molecular weight excluding hydrogens is 226 g/mol. The van der Waals surface area contributed by atoms with Crippen molar-refractivity contribution in [3.05, 3.63) is 35.4 Å². The molecule has 0 aromatic heterocycles. The molecule has 0 heterocycles. The minimum atomic E-state index is -1.90. The molecule has 0 radical (unpaired) electrons. The zero-order chi connectivity index (χ0) is 11.6. The second-order valence-corrected chi connectivity index (χ2v) is 3.98. The zero-order valence-corrected chi connectivity index (χ0v) is 8.80. The molecule has 0 saturated carbocycles. The molecule has 2 N–H and O–H groups in total. The highest BCUT2D eigenvalue weighted by Gasteiger charge is 2.36. The highest BCUT2D eigenvalue weighted by molar-refractivity contribution is 6.21. The first kappa shape index (κ1) is 12.4. The number of aliphatic hydroxyl groups is 2. The van der Waals surface area contributed by atoms with E-state index in [4.69, 9.17) is 16.7 Å². The number of benzene rings is 1. The molecule has 0 saturated heterocycles. The minimum absolute atomic E-state index is 0.214. The van der Waals surface area contributed by atoms with Crippen molar-refractivity contribution in [3.8, 4) is 0 Å². The molecule has 1 unspecified atom stereocenters. The van der Waals surface area contributed by atoms with Gasteiger partial charge in [0.05, 0.1) is 12.0 Å². The van der Waals surface area contributed by atoms with E-state index in [1.807, 2.05) is 0 Å². The van der Waals surface area contributed by atoms with Gasteiger partial charge in [-0.3, -0.25) is 0 Å². The number of hydrogen-bond donors (Lipinski definition) is 2. The molecule has 0 bridgehead atoms. The second kappa shape index (κ2) is 4.43. The van der Waals surface area contributed by atoms with Gasteiger partial charge in [0.15, 0.2) is 0 Å². The van der Waals surface area contributed by atoms with Crippen molar-refractivity contribution in [3.63, 3.8) is 0 Å². The lowest BCUT2D eigenvalue weighted by atomic mass is 9.91. The topological polar surface area (TPSA) is 40.5 Å². The summed E-state index contributed by atoms with van der Waals surface area (Å²) in [6, 6.07) is 2.70. The van der Waals surface area contributed by atoms with Gasteiger partial charge in [-0.25, -0.2) is 8.78 Å². The van der Waals surface area contributed by atoms with E-state index >= 15 is 0 Å². The minimum Gasteiger partial charge on any atom is -0.393 e. The summed E-state index contributed by atoms with van der Waals surface area (Å²) >= 11 is 5.66. The summed E-state index contributed by atoms with van der Waals surface area (Å²) in [6.45, 7) is 0.681. The van der Waals surface area contributed by atoms with Crippen LogP contribution in [0.4, 0.5) is 8.78 Å². The van der Waals surface area contributed by atoms with E-state index in [0.717, 1.165) is 12.1 Å². The molecule has 84 valence electrons. The molecular formula is C10H11ClF2O2. The molecule has 0 amide bonds. The number of rotatable bonds is 3. The Morgan fingerprint density at radius 3 is 2.47 bits per heavy atom. The Bertz CT molecular complexity index is 357. The van der Waals surface area contributed by atoms with Crippen LogP contribution in [0.15, 0.2) is 18.2 Å². The van der Waals surface area contributed by atoms with Crippen LogP contribution in [0.3, 0.4) is 0 Å². The van der Waals surface area contributed by atoms with E-state index in [2.05, 4.69) is 0 Å². The normalized spacial score (nSPS) is 17.2. The van der Waals surface area contributed by atoms with Gasteiger partial charge in [0.25, 0.3) is 0 Å². The second-order valence-electron chi connectivity index (χ2n) is 3.32. The summed E-state index contributed by atoms with van der Waals surface area (Å²) in [7, 11) is 0. The van der Waals surface area contributed by atoms with Gasteiger partial charge < -0.3 is 10.2 Å². The molecule has 1 aromatic carbocycles. The lowest BCUT2D eigenvalue weighted by molar-refractivity contribution is -0.0216. The molecule has 1 aromatic rings. The SMILES string of the molecule is CC(Cl)[C@](O)(CO)c1ccc(F)cc1F. The van der Waals surface area contributed by atoms with Crippen LogP contribution in [0.25, 0.3) is 0 Å². The summed E-state index contributed by atoms with van der Waals surface area (Å²) in [4.78, 5) is 0. The summed E-state index contributed by atoms with van der Waals surface area (Å²) < 4.78 is 25.9. The Morgan fingerprint density at radius 2 is 2.07 bits per heavy atom. The Labute approximate surface area is 91.1 Å². The van der Waals surface area contributed by atoms with Crippen molar-refractivity contribution in [2.75, 3.05) is 6.61 Å². The van der Waals surface area contributed by atoms with Crippen molar-refractivity contribution >= 4 is 11.6 Å². The standard InChI is InChI=1S/C10H11ClF2O2/c1-6(11)10(15,5-14)8-3-2-7(12)4-9(8)13/h2-4,6,14-15H,5H2,1H3/t6?,10-/m1/s1. The average molecular weight is 237 g/mol. The van der Waals surface area contributed by atoms with Crippen molar-refractivity contribution in [2.45, 2.75) is 17.9 Å². The summed E-state index contributed by atoms with van der Waals surface area (Å²) in [5.41, 5.74) is -2.12. The molecule has 2 atom stereocenters. The highest BCUT2D eigenvalue weighted by atomic mass is 35.5. The molecule has 0 spiro atoms. The predicted molar refractivity (Wildman–Crippen MR) is 52.7 cm³/mol. The number of aliphatic hydroxyl groups excluding tert-OH is 1. The van der Waals surface area contributed by atoms with E-state index < -0.39 is 29.2 Å². The van der Waals surface area contributed by atoms with Crippen molar-refractivity contribution in [1.29, 1.82) is 0 Å². The third-order valence-corrected chi connectivity index (χ3v) is 2.66. The fourth-order valence-electron chi connectivity index (χ4n) is 1.27. The first-order valence-corrected chi connectivity index (χ1v) is 4.78. The molecule has 15 heavy (non-hydrogen) atoms. The summed E-state index contributed by atoms with van der Waals surface area (Å²) in [5, 5.41) is 18.0. The Balaban J connectivity index is 3.24. The van der Waals surface area contributed by atoms with Crippen LogP contribution in [0.5, 0.6) is 0 Å². The lowest BCUT2D eigenvalue weighted by Crippen LogP contribution is -2.39. The van der Waals surface area contributed by atoms with Crippen molar-refractivity contribution in [1.82, 2.24) is 0 Å². The maximum absolute atomic E-state index is 13.3. The third kappa shape index (κ3) is 2.27. The van der Waals surface area contributed by atoms with Gasteiger partial charge in [-0.2, -0.15) is 0 Å². The molecule has 2 nitrogen and oxygen atoms in total. The molecule has 0 aliphatic carbocycles. The van der Waals surface area contributed by atoms with Gasteiger partial charge in [0.2, 0.25) is 0 Å². The molecule has 1 rings (SSSR count). The van der Waals surface area contributed by atoms with E-state index in [9.17, 15) is 13.9 Å². The van der Waals surface area contributed by atoms with Crippen molar-refractivity contribution in [2.24, 2.45) is 0 Å². The fourth-order valence-corrected chi connectivity index (χ4v) is 1.45. The first-order valence-electron chi connectivity index (χ1n) is 4.34. The van der Waals surface area contributed by atoms with Crippen LogP contribution in [0.1, 0.15) is 12.5 Å². The third-order valence-electron chi connectivity index (χ3n) is 2.30. The highest BCUT2D eigenvalue weighted by Crippen LogP contribution is 2.30. The van der Waals surface area contributed by atoms with Crippen LogP contribution in [-0.2, 0) is 5.60 Å². The Hall–Kier alpha value is -0.710. The molecule has 0 fully saturated rings. The largest absolute Gasteiger partial charge is 0.393 e.